The summed E-state index contributed by atoms with van der Waals surface area (Å²) in [5.74, 6) is -1.04. The number of amides is 1. The summed E-state index contributed by atoms with van der Waals surface area (Å²) in [6.07, 6.45) is 4.34. The molecule has 1 aromatic heterocycles. The normalized spacial score (nSPS) is 18.0. The molecule has 0 saturated heterocycles. The van der Waals surface area contributed by atoms with Gasteiger partial charge in [-0.3, -0.25) is 14.2 Å². The Hall–Kier alpha value is -3.49. The molecule has 2 heterocycles. The number of carbonyl (C=O) groups excluding carboxylic acids is 2. The number of carbonyl (C=O) groups is 2. The molecule has 3 aromatic rings. The maximum atomic E-state index is 14.8. The summed E-state index contributed by atoms with van der Waals surface area (Å²) in [7, 11) is 3.28. The van der Waals surface area contributed by atoms with Crippen LogP contribution in [-0.4, -0.2) is 47.0 Å². The third-order valence-electron chi connectivity index (χ3n) is 7.01. The number of nitrogens with zero attached hydrogens (tertiary/aromatic N) is 3. The summed E-state index contributed by atoms with van der Waals surface area (Å²) in [5.41, 5.74) is 1.35. The second-order valence-electron chi connectivity index (χ2n) is 9.75. The van der Waals surface area contributed by atoms with Crippen molar-refractivity contribution in [2.24, 2.45) is 5.92 Å². The first-order valence-electron chi connectivity index (χ1n) is 12.3. The molecule has 1 aliphatic heterocycles. The van der Waals surface area contributed by atoms with Crippen LogP contribution in [0.4, 0.5) is 8.78 Å². The minimum absolute atomic E-state index is 0.0342. The Balaban J connectivity index is 1.62. The second kappa shape index (κ2) is 9.52. The molecule has 0 bridgehead atoms. The standard InChI is InChI=1S/C27H29F2N3O4/c1-15-30-25-20(32(15)27(34)16-7-5-4-6-8-16)11-17(26(33)31(2)3)12-23(25)36-21-9-10-35-22-14-18(28)13-19(29)24(21)22/h11-14,16,21H,4-10H2,1-3H3/t21-/m0/s1. The van der Waals surface area contributed by atoms with Gasteiger partial charge in [-0.1, -0.05) is 19.3 Å². The molecule has 0 radical (unpaired) electrons. The van der Waals surface area contributed by atoms with Crippen LogP contribution in [0.15, 0.2) is 24.3 Å². The van der Waals surface area contributed by atoms with Gasteiger partial charge in [0.2, 0.25) is 5.91 Å². The highest BCUT2D eigenvalue weighted by Crippen LogP contribution is 2.40. The van der Waals surface area contributed by atoms with Crippen molar-refractivity contribution in [2.75, 3.05) is 20.7 Å². The van der Waals surface area contributed by atoms with E-state index in [-0.39, 0.29) is 41.4 Å². The highest BCUT2D eigenvalue weighted by molar-refractivity contribution is 6.01. The highest BCUT2D eigenvalue weighted by atomic mass is 19.1. The number of aryl methyl sites for hydroxylation is 1. The van der Waals surface area contributed by atoms with E-state index in [2.05, 4.69) is 4.98 Å². The van der Waals surface area contributed by atoms with Gasteiger partial charge in [0.25, 0.3) is 5.91 Å². The maximum Gasteiger partial charge on any atom is 0.253 e. The lowest BCUT2D eigenvalue weighted by Gasteiger charge is -2.27. The van der Waals surface area contributed by atoms with E-state index in [0.717, 1.165) is 44.2 Å². The van der Waals surface area contributed by atoms with E-state index in [4.69, 9.17) is 9.47 Å². The third kappa shape index (κ3) is 4.31. The van der Waals surface area contributed by atoms with Crippen LogP contribution in [0.1, 0.15) is 71.2 Å². The molecule has 0 N–H and O–H groups in total. The largest absolute Gasteiger partial charge is 0.493 e. The van der Waals surface area contributed by atoms with Gasteiger partial charge < -0.3 is 14.4 Å². The van der Waals surface area contributed by atoms with Gasteiger partial charge in [-0.25, -0.2) is 13.8 Å². The van der Waals surface area contributed by atoms with Gasteiger partial charge in [0.15, 0.2) is 0 Å². The van der Waals surface area contributed by atoms with Crippen LogP contribution in [0.2, 0.25) is 0 Å². The van der Waals surface area contributed by atoms with Crippen molar-refractivity contribution < 1.29 is 27.8 Å². The van der Waals surface area contributed by atoms with Gasteiger partial charge in [0.05, 0.1) is 17.7 Å². The van der Waals surface area contributed by atoms with Crippen molar-refractivity contribution >= 4 is 22.8 Å². The van der Waals surface area contributed by atoms with E-state index in [1.807, 2.05) is 0 Å². The predicted molar refractivity (Wildman–Crippen MR) is 130 cm³/mol. The molecular weight excluding hydrogens is 468 g/mol. The van der Waals surface area contributed by atoms with Crippen LogP contribution >= 0.6 is 0 Å². The van der Waals surface area contributed by atoms with Gasteiger partial charge >= 0.3 is 0 Å². The minimum Gasteiger partial charge on any atom is -0.493 e. The van der Waals surface area contributed by atoms with Gasteiger partial charge in [0, 0.05) is 44.1 Å². The van der Waals surface area contributed by atoms with Gasteiger partial charge in [-0.15, -0.1) is 0 Å². The number of rotatable bonds is 4. The zero-order valence-electron chi connectivity index (χ0n) is 20.6. The average molecular weight is 498 g/mol. The van der Waals surface area contributed by atoms with E-state index < -0.39 is 17.7 Å². The first-order chi connectivity index (χ1) is 17.2. The topological polar surface area (TPSA) is 73.7 Å². The number of aromatic nitrogens is 2. The molecule has 190 valence electrons. The Bertz CT molecular complexity index is 1340. The van der Waals surface area contributed by atoms with Crippen molar-refractivity contribution in [1.29, 1.82) is 0 Å². The molecule has 1 amide bonds. The van der Waals surface area contributed by atoms with Crippen LogP contribution in [0.25, 0.3) is 11.0 Å². The quantitative estimate of drug-likeness (QED) is 0.479. The molecule has 0 spiro atoms. The Labute approximate surface area is 208 Å². The number of hydrogen-bond donors (Lipinski definition) is 0. The molecule has 9 heteroatoms. The molecule has 2 aliphatic rings. The van der Waals surface area contributed by atoms with Gasteiger partial charge in [-0.2, -0.15) is 0 Å². The average Bonchev–Trinajstić information content (AvgIpc) is 3.19. The SMILES string of the molecule is Cc1nc2c(O[C@H]3CCOc4cc(F)cc(F)c43)cc(C(=O)N(C)C)cc2n1C(=O)C1CCCCC1. The zero-order chi connectivity index (χ0) is 25.6. The van der Waals surface area contributed by atoms with Gasteiger partial charge in [-0.05, 0) is 31.9 Å². The molecule has 2 aromatic carbocycles. The van der Waals surface area contributed by atoms with Crippen molar-refractivity contribution in [3.8, 4) is 11.5 Å². The molecule has 1 aliphatic carbocycles. The van der Waals surface area contributed by atoms with Crippen LogP contribution in [0.5, 0.6) is 11.5 Å². The lowest BCUT2D eigenvalue weighted by atomic mass is 9.88. The van der Waals surface area contributed by atoms with E-state index in [1.54, 1.807) is 37.7 Å². The zero-order valence-corrected chi connectivity index (χ0v) is 20.6. The van der Waals surface area contributed by atoms with Crippen molar-refractivity contribution in [3.05, 3.63) is 52.9 Å². The van der Waals surface area contributed by atoms with Crippen molar-refractivity contribution in [1.82, 2.24) is 14.5 Å². The van der Waals surface area contributed by atoms with Gasteiger partial charge in [0.1, 0.15) is 40.6 Å². The summed E-state index contributed by atoms with van der Waals surface area (Å²) >= 11 is 0. The Morgan fingerprint density at radius 2 is 1.83 bits per heavy atom. The predicted octanol–water partition coefficient (Wildman–Crippen LogP) is 5.45. The molecule has 1 atom stereocenters. The Morgan fingerprint density at radius 1 is 1.08 bits per heavy atom. The summed E-state index contributed by atoms with van der Waals surface area (Å²) in [5, 5.41) is 0. The van der Waals surface area contributed by atoms with Crippen molar-refractivity contribution in [3.63, 3.8) is 0 Å². The minimum atomic E-state index is -0.776. The molecular formula is C27H29F2N3O4. The molecule has 1 saturated carbocycles. The summed E-state index contributed by atoms with van der Waals surface area (Å²) in [6, 6.07) is 5.17. The number of benzene rings is 2. The van der Waals surface area contributed by atoms with Crippen LogP contribution in [-0.2, 0) is 0 Å². The molecule has 0 unspecified atom stereocenters. The van der Waals surface area contributed by atoms with Crippen LogP contribution < -0.4 is 9.47 Å². The molecule has 1 fully saturated rings. The van der Waals surface area contributed by atoms with E-state index in [0.29, 0.717) is 28.8 Å². The third-order valence-corrected chi connectivity index (χ3v) is 7.01. The first-order valence-corrected chi connectivity index (χ1v) is 12.3. The van der Waals surface area contributed by atoms with E-state index in [1.165, 1.54) is 4.90 Å². The van der Waals surface area contributed by atoms with E-state index in [9.17, 15) is 18.4 Å². The number of hydrogen-bond acceptors (Lipinski definition) is 5. The highest BCUT2D eigenvalue weighted by Gasteiger charge is 2.31. The smallest absolute Gasteiger partial charge is 0.253 e. The molecule has 7 nitrogen and oxygen atoms in total. The first kappa shape index (κ1) is 24.2. The lowest BCUT2D eigenvalue weighted by Crippen LogP contribution is -2.25. The molecule has 36 heavy (non-hydrogen) atoms. The number of halogens is 2. The maximum absolute atomic E-state index is 14.8. The second-order valence-corrected chi connectivity index (χ2v) is 9.75. The fraction of sp³-hybridized carbons (Fsp3) is 0.444. The Morgan fingerprint density at radius 3 is 2.56 bits per heavy atom. The monoisotopic (exact) mass is 497 g/mol. The van der Waals surface area contributed by atoms with Crippen molar-refractivity contribution in [2.45, 2.75) is 51.6 Å². The summed E-state index contributed by atoms with van der Waals surface area (Å²) in [4.78, 5) is 32.6. The fourth-order valence-electron chi connectivity index (χ4n) is 5.23. The lowest BCUT2D eigenvalue weighted by molar-refractivity contribution is 0.0800. The van der Waals surface area contributed by atoms with Crippen LogP contribution in [0.3, 0.4) is 0 Å². The number of imidazole rings is 1. The van der Waals surface area contributed by atoms with E-state index >= 15 is 0 Å². The fourth-order valence-corrected chi connectivity index (χ4v) is 5.23. The Kier molecular flexibility index (Phi) is 6.40. The summed E-state index contributed by atoms with van der Waals surface area (Å²) < 4.78 is 41.9. The summed E-state index contributed by atoms with van der Waals surface area (Å²) in [6.45, 7) is 1.97. The van der Waals surface area contributed by atoms with Crippen LogP contribution in [0, 0.1) is 24.5 Å². The number of fused-ring (bicyclic) bond motifs is 2. The number of ether oxygens (including phenoxy) is 2. The molecule has 5 rings (SSSR count).